The van der Waals surface area contributed by atoms with Gasteiger partial charge in [0.15, 0.2) is 0 Å². The van der Waals surface area contributed by atoms with Crippen LogP contribution in [0.5, 0.6) is 0 Å². The molecule has 2 atom stereocenters. The maximum atomic E-state index is 13.3. The quantitative estimate of drug-likeness (QED) is 0.829. The molecule has 27 heavy (non-hydrogen) atoms. The van der Waals surface area contributed by atoms with Crippen molar-refractivity contribution in [1.82, 2.24) is 15.1 Å². The largest absolute Gasteiger partial charge is 0.341 e. The van der Waals surface area contributed by atoms with Crippen molar-refractivity contribution < 1.29 is 14.0 Å². The molecule has 0 aromatic heterocycles. The minimum Gasteiger partial charge on any atom is -0.341 e. The smallest absolute Gasteiger partial charge is 0.236 e. The Balaban J connectivity index is 0.00000261. The Morgan fingerprint density at radius 3 is 2.93 bits per heavy atom. The number of hydrogen-bond donors (Lipinski definition) is 1. The van der Waals surface area contributed by atoms with Crippen molar-refractivity contribution in [2.75, 3.05) is 32.7 Å². The van der Waals surface area contributed by atoms with E-state index in [1.807, 2.05) is 22.8 Å². The third-order valence-electron chi connectivity index (χ3n) is 5.31. The zero-order valence-electron chi connectivity index (χ0n) is 15.8. The number of likely N-dealkylation sites (tertiary alicyclic amines) is 1. The molecule has 2 amide bonds. The van der Waals surface area contributed by atoms with Crippen LogP contribution < -0.4 is 5.32 Å². The van der Waals surface area contributed by atoms with Gasteiger partial charge in [-0.3, -0.25) is 9.59 Å². The van der Waals surface area contributed by atoms with Gasteiger partial charge in [-0.15, -0.1) is 12.4 Å². The Bertz CT molecular complexity index is 658. The minimum atomic E-state index is -0.236. The number of hydrogen-bond acceptors (Lipinski definition) is 3. The highest BCUT2D eigenvalue weighted by molar-refractivity contribution is 5.85. The summed E-state index contributed by atoms with van der Waals surface area (Å²) < 4.78 is 13.3. The summed E-state index contributed by atoms with van der Waals surface area (Å²) in [6.07, 6.45) is 3.05. The fraction of sp³-hybridized carbons (Fsp3) is 0.600. The first-order valence-corrected chi connectivity index (χ1v) is 9.55. The number of carbonyl (C=O) groups excluding carboxylic acids is 2. The van der Waals surface area contributed by atoms with Crippen LogP contribution in [0.4, 0.5) is 4.39 Å². The molecule has 2 fully saturated rings. The molecule has 2 heterocycles. The van der Waals surface area contributed by atoms with Crippen LogP contribution in [0, 0.1) is 11.7 Å². The van der Waals surface area contributed by atoms with Crippen LogP contribution in [0.2, 0.25) is 0 Å². The lowest BCUT2D eigenvalue weighted by Crippen LogP contribution is -2.57. The molecule has 0 bridgehead atoms. The molecule has 5 nitrogen and oxygen atoms in total. The van der Waals surface area contributed by atoms with E-state index in [1.54, 1.807) is 6.07 Å². The SMILES string of the molecule is CC(CC(=O)N1CCCC(N2CCNCC2=O)C1)Cc1cccc(F)c1.Cl. The van der Waals surface area contributed by atoms with Crippen molar-refractivity contribution in [3.05, 3.63) is 35.6 Å². The molecule has 0 saturated carbocycles. The second-order valence-corrected chi connectivity index (χ2v) is 7.54. The number of rotatable bonds is 5. The lowest BCUT2D eigenvalue weighted by atomic mass is 9.96. The van der Waals surface area contributed by atoms with Gasteiger partial charge in [-0.05, 0) is 42.9 Å². The Labute approximate surface area is 166 Å². The lowest BCUT2D eigenvalue weighted by molar-refractivity contribution is -0.140. The standard InChI is InChI=1S/C20H28FN3O2.ClH/c1-15(10-16-4-2-5-17(21)12-16)11-19(25)23-8-3-6-18(14-23)24-9-7-22-13-20(24)26;/h2,4-5,12,15,18,22H,3,6-11,13-14H2,1H3;1H. The fourth-order valence-electron chi connectivity index (χ4n) is 4.01. The van der Waals surface area contributed by atoms with E-state index in [0.29, 0.717) is 25.9 Å². The molecule has 2 saturated heterocycles. The summed E-state index contributed by atoms with van der Waals surface area (Å²) in [7, 11) is 0. The van der Waals surface area contributed by atoms with Gasteiger partial charge in [-0.2, -0.15) is 0 Å². The first-order valence-electron chi connectivity index (χ1n) is 9.55. The van der Waals surface area contributed by atoms with Gasteiger partial charge in [0.1, 0.15) is 5.82 Å². The maximum Gasteiger partial charge on any atom is 0.236 e. The molecule has 2 unspecified atom stereocenters. The Kier molecular flexibility index (Phi) is 8.05. The first kappa shape index (κ1) is 21.6. The molecule has 0 aliphatic carbocycles. The zero-order valence-corrected chi connectivity index (χ0v) is 16.6. The molecular formula is C20H29ClFN3O2. The van der Waals surface area contributed by atoms with Crippen molar-refractivity contribution >= 4 is 24.2 Å². The Morgan fingerprint density at radius 1 is 1.37 bits per heavy atom. The van der Waals surface area contributed by atoms with E-state index in [1.165, 1.54) is 12.1 Å². The van der Waals surface area contributed by atoms with Gasteiger partial charge in [0.05, 0.1) is 6.54 Å². The number of nitrogens with zero attached hydrogens (tertiary/aromatic N) is 2. The molecule has 1 aromatic carbocycles. The average molecular weight is 398 g/mol. The second-order valence-electron chi connectivity index (χ2n) is 7.54. The molecule has 0 spiro atoms. The highest BCUT2D eigenvalue weighted by atomic mass is 35.5. The van der Waals surface area contributed by atoms with Crippen LogP contribution in [-0.2, 0) is 16.0 Å². The van der Waals surface area contributed by atoms with Crippen molar-refractivity contribution in [2.24, 2.45) is 5.92 Å². The van der Waals surface area contributed by atoms with Gasteiger partial charge in [0, 0.05) is 38.6 Å². The van der Waals surface area contributed by atoms with Crippen molar-refractivity contribution in [3.63, 3.8) is 0 Å². The average Bonchev–Trinajstić information content (AvgIpc) is 2.62. The summed E-state index contributed by atoms with van der Waals surface area (Å²) in [5.41, 5.74) is 0.924. The molecule has 1 N–H and O–H groups in total. The Morgan fingerprint density at radius 2 is 2.19 bits per heavy atom. The van der Waals surface area contributed by atoms with Crippen LogP contribution >= 0.6 is 12.4 Å². The van der Waals surface area contributed by atoms with Gasteiger partial charge in [0.2, 0.25) is 11.8 Å². The second kappa shape index (κ2) is 10.0. The molecule has 150 valence electrons. The predicted octanol–water partition coefficient (Wildman–Crippen LogP) is 2.24. The van der Waals surface area contributed by atoms with Gasteiger partial charge >= 0.3 is 0 Å². The normalized spacial score (nSPS) is 21.6. The van der Waals surface area contributed by atoms with Crippen LogP contribution in [-0.4, -0.2) is 60.4 Å². The van der Waals surface area contributed by atoms with Crippen LogP contribution in [0.15, 0.2) is 24.3 Å². The first-order chi connectivity index (χ1) is 12.5. The lowest BCUT2D eigenvalue weighted by Gasteiger charge is -2.41. The van der Waals surface area contributed by atoms with Crippen molar-refractivity contribution in [2.45, 2.75) is 38.6 Å². The summed E-state index contributed by atoms with van der Waals surface area (Å²) in [5.74, 6) is 0.197. The third-order valence-corrected chi connectivity index (χ3v) is 5.31. The van der Waals surface area contributed by atoms with Gasteiger partial charge in [-0.1, -0.05) is 19.1 Å². The van der Waals surface area contributed by atoms with E-state index in [-0.39, 0.29) is 42.0 Å². The van der Waals surface area contributed by atoms with E-state index in [2.05, 4.69) is 5.32 Å². The van der Waals surface area contributed by atoms with E-state index in [4.69, 9.17) is 0 Å². The van der Waals surface area contributed by atoms with E-state index >= 15 is 0 Å². The van der Waals surface area contributed by atoms with E-state index in [9.17, 15) is 14.0 Å². The molecule has 3 rings (SSSR count). The number of amides is 2. The maximum absolute atomic E-state index is 13.3. The molecule has 2 aliphatic heterocycles. The van der Waals surface area contributed by atoms with E-state index < -0.39 is 0 Å². The van der Waals surface area contributed by atoms with Crippen LogP contribution in [0.25, 0.3) is 0 Å². The highest BCUT2D eigenvalue weighted by Crippen LogP contribution is 2.20. The zero-order chi connectivity index (χ0) is 18.5. The number of nitrogens with one attached hydrogen (secondary N) is 1. The fourth-order valence-corrected chi connectivity index (χ4v) is 4.01. The monoisotopic (exact) mass is 397 g/mol. The minimum absolute atomic E-state index is 0. The Hall–Kier alpha value is -1.66. The third kappa shape index (κ3) is 5.91. The number of piperazine rings is 1. The topological polar surface area (TPSA) is 52.7 Å². The van der Waals surface area contributed by atoms with Gasteiger partial charge in [-0.25, -0.2) is 4.39 Å². The molecule has 1 aromatic rings. The van der Waals surface area contributed by atoms with Crippen LogP contribution in [0.1, 0.15) is 31.7 Å². The molecular weight excluding hydrogens is 369 g/mol. The molecule has 2 aliphatic rings. The number of piperidine rings is 1. The number of halogens is 2. The summed E-state index contributed by atoms with van der Waals surface area (Å²) >= 11 is 0. The number of carbonyl (C=O) groups is 2. The van der Waals surface area contributed by atoms with Crippen molar-refractivity contribution in [3.8, 4) is 0 Å². The molecule has 0 radical (unpaired) electrons. The van der Waals surface area contributed by atoms with Crippen molar-refractivity contribution in [1.29, 1.82) is 0 Å². The number of benzene rings is 1. The molecule has 7 heteroatoms. The summed E-state index contributed by atoms with van der Waals surface area (Å²) in [6, 6.07) is 6.72. The van der Waals surface area contributed by atoms with Gasteiger partial charge in [0.25, 0.3) is 0 Å². The highest BCUT2D eigenvalue weighted by Gasteiger charge is 2.31. The van der Waals surface area contributed by atoms with E-state index in [0.717, 1.165) is 38.0 Å². The summed E-state index contributed by atoms with van der Waals surface area (Å²) in [5, 5.41) is 3.09. The summed E-state index contributed by atoms with van der Waals surface area (Å²) in [6.45, 7) is 5.38. The van der Waals surface area contributed by atoms with Gasteiger partial charge < -0.3 is 15.1 Å². The summed E-state index contributed by atoms with van der Waals surface area (Å²) in [4.78, 5) is 28.7. The van der Waals surface area contributed by atoms with Crippen LogP contribution in [0.3, 0.4) is 0 Å². The predicted molar refractivity (Wildman–Crippen MR) is 105 cm³/mol.